The van der Waals surface area contributed by atoms with Crippen molar-refractivity contribution in [1.29, 1.82) is 0 Å². The Morgan fingerprint density at radius 3 is 2.29 bits per heavy atom. The smallest absolute Gasteiger partial charge is 0.387 e. The van der Waals surface area contributed by atoms with Crippen molar-refractivity contribution in [2.24, 2.45) is 0 Å². The highest BCUT2D eigenvalue weighted by molar-refractivity contribution is 6.02. The number of hydrogen-bond donors (Lipinski definition) is 0. The number of hydrogen-bond acceptors (Lipinski definition) is 7. The molecule has 0 spiro atoms. The number of esters is 1. The lowest BCUT2D eigenvalue weighted by atomic mass is 10.1. The van der Waals surface area contributed by atoms with Gasteiger partial charge in [0.15, 0.2) is 17.6 Å². The molecule has 0 aliphatic carbocycles. The second-order valence-electron chi connectivity index (χ2n) is 8.38. The van der Waals surface area contributed by atoms with Crippen molar-refractivity contribution in [2.75, 3.05) is 18.0 Å². The van der Waals surface area contributed by atoms with Crippen molar-refractivity contribution in [3.05, 3.63) is 65.1 Å². The van der Waals surface area contributed by atoms with Crippen LogP contribution < -0.4 is 9.64 Å². The van der Waals surface area contributed by atoms with Crippen LogP contribution in [0.15, 0.2) is 42.5 Å². The highest BCUT2D eigenvalue weighted by Gasteiger charge is 2.26. The molecule has 1 unspecified atom stereocenters. The third kappa shape index (κ3) is 5.31. The molecule has 1 fully saturated rings. The number of benzene rings is 1. The number of rotatable bonds is 8. The molecule has 0 bridgehead atoms. The molecule has 1 aliphatic rings. The van der Waals surface area contributed by atoms with Crippen LogP contribution in [-0.2, 0) is 4.74 Å². The van der Waals surface area contributed by atoms with Crippen LogP contribution in [0.5, 0.6) is 5.75 Å². The number of ether oxygens (including phenoxy) is 2. The fourth-order valence-electron chi connectivity index (χ4n) is 4.23. The van der Waals surface area contributed by atoms with E-state index in [4.69, 9.17) is 4.74 Å². The molecular weight excluding hydrogens is 458 g/mol. The highest BCUT2D eigenvalue weighted by atomic mass is 19.3. The van der Waals surface area contributed by atoms with Gasteiger partial charge in [0.05, 0.1) is 0 Å². The number of alkyl halides is 2. The fourth-order valence-corrected chi connectivity index (χ4v) is 4.23. The lowest BCUT2D eigenvalue weighted by Gasteiger charge is -2.16. The molecular formula is C25H26F2N4O4. The molecule has 0 saturated carbocycles. The van der Waals surface area contributed by atoms with E-state index in [1.54, 1.807) is 37.3 Å². The van der Waals surface area contributed by atoms with Gasteiger partial charge >= 0.3 is 12.6 Å². The molecule has 184 valence electrons. The van der Waals surface area contributed by atoms with E-state index in [2.05, 4.69) is 19.8 Å². The summed E-state index contributed by atoms with van der Waals surface area (Å²) in [6.07, 6.45) is 1.16. The van der Waals surface area contributed by atoms with E-state index in [-0.39, 0.29) is 17.2 Å². The topological polar surface area (TPSA) is 86.6 Å². The molecule has 1 aromatic carbocycles. The molecule has 4 rings (SSSR count). The summed E-state index contributed by atoms with van der Waals surface area (Å²) in [4.78, 5) is 27.7. The van der Waals surface area contributed by atoms with Gasteiger partial charge < -0.3 is 18.9 Å². The van der Waals surface area contributed by atoms with Gasteiger partial charge in [0.1, 0.15) is 5.75 Å². The van der Waals surface area contributed by atoms with E-state index in [1.807, 2.05) is 11.5 Å². The summed E-state index contributed by atoms with van der Waals surface area (Å²) in [5.41, 5.74) is 2.50. The molecule has 3 aromatic rings. The maximum Gasteiger partial charge on any atom is 0.387 e. The number of Topliss-reactive ketones (excluding diaryl/α,β-unsaturated/α-hetero) is 1. The van der Waals surface area contributed by atoms with Crippen LogP contribution in [0, 0.1) is 13.8 Å². The zero-order valence-electron chi connectivity index (χ0n) is 19.7. The normalized spacial score (nSPS) is 14.3. The van der Waals surface area contributed by atoms with Crippen molar-refractivity contribution < 1.29 is 27.8 Å². The van der Waals surface area contributed by atoms with Gasteiger partial charge in [0.25, 0.3) is 0 Å². The van der Waals surface area contributed by atoms with Gasteiger partial charge in [-0.2, -0.15) is 8.78 Å². The van der Waals surface area contributed by atoms with Gasteiger partial charge in [-0.05, 0) is 76.1 Å². The molecule has 1 atom stereocenters. The minimum absolute atomic E-state index is 0.0316. The summed E-state index contributed by atoms with van der Waals surface area (Å²) in [6.45, 7) is 4.02. The first-order valence-electron chi connectivity index (χ1n) is 11.3. The second kappa shape index (κ2) is 10.2. The third-order valence-corrected chi connectivity index (χ3v) is 5.96. The van der Waals surface area contributed by atoms with E-state index in [0.717, 1.165) is 31.6 Å². The number of nitrogens with zero attached hydrogens (tertiary/aromatic N) is 4. The highest BCUT2D eigenvalue weighted by Crippen LogP contribution is 2.25. The summed E-state index contributed by atoms with van der Waals surface area (Å²) >= 11 is 0. The van der Waals surface area contributed by atoms with Gasteiger partial charge in [-0.3, -0.25) is 4.79 Å². The molecule has 0 radical (unpaired) electrons. The Morgan fingerprint density at radius 2 is 1.69 bits per heavy atom. The summed E-state index contributed by atoms with van der Waals surface area (Å²) in [6, 6.07) is 11.1. The number of aromatic nitrogens is 3. The predicted molar refractivity (Wildman–Crippen MR) is 125 cm³/mol. The SMILES string of the molecule is Cc1cc(C(=O)C(C)OC(=O)c2ccc(N3CCCC3)nn2)c(C)n1-c1ccc(OC(F)F)cc1. The first kappa shape index (κ1) is 24.3. The van der Waals surface area contributed by atoms with Crippen molar-refractivity contribution in [3.8, 4) is 11.4 Å². The number of carbonyl (C=O) groups is 2. The zero-order chi connectivity index (χ0) is 25.1. The maximum atomic E-state index is 13.1. The molecule has 10 heteroatoms. The molecule has 8 nitrogen and oxygen atoms in total. The number of anilines is 1. The van der Waals surface area contributed by atoms with Crippen LogP contribution >= 0.6 is 0 Å². The molecule has 3 heterocycles. The third-order valence-electron chi connectivity index (χ3n) is 5.96. The largest absolute Gasteiger partial charge is 0.449 e. The van der Waals surface area contributed by atoms with E-state index >= 15 is 0 Å². The van der Waals surface area contributed by atoms with E-state index in [9.17, 15) is 18.4 Å². The van der Waals surface area contributed by atoms with Crippen molar-refractivity contribution >= 4 is 17.6 Å². The Labute approximate surface area is 201 Å². The lowest BCUT2D eigenvalue weighted by Crippen LogP contribution is -2.26. The standard InChI is InChI=1S/C25H26F2N4O4/c1-15-14-20(16(2)31(15)18-6-8-19(9-7-18)35-25(26)27)23(32)17(3)34-24(33)21-10-11-22(29-28-21)30-12-4-5-13-30/h6-11,14,17,25H,4-5,12-13H2,1-3H3. The van der Waals surface area contributed by atoms with Gasteiger partial charge in [-0.1, -0.05) is 0 Å². The molecule has 1 saturated heterocycles. The Morgan fingerprint density at radius 1 is 1.00 bits per heavy atom. The molecule has 35 heavy (non-hydrogen) atoms. The number of aryl methyl sites for hydroxylation is 1. The number of ketones is 1. The van der Waals surface area contributed by atoms with Crippen molar-refractivity contribution in [2.45, 2.75) is 46.3 Å². The monoisotopic (exact) mass is 484 g/mol. The van der Waals surface area contributed by atoms with Gasteiger partial charge in [-0.15, -0.1) is 10.2 Å². The molecule has 2 aromatic heterocycles. The maximum absolute atomic E-state index is 13.1. The average Bonchev–Trinajstić information content (AvgIpc) is 3.47. The number of carbonyl (C=O) groups excluding carboxylic acids is 2. The molecule has 0 N–H and O–H groups in total. The minimum Gasteiger partial charge on any atom is -0.449 e. The molecule has 0 amide bonds. The quantitative estimate of drug-likeness (QED) is 0.343. The zero-order valence-corrected chi connectivity index (χ0v) is 19.7. The Hall–Kier alpha value is -3.82. The molecule has 1 aliphatic heterocycles. The summed E-state index contributed by atoms with van der Waals surface area (Å²) in [5, 5.41) is 8.08. The van der Waals surface area contributed by atoms with Crippen LogP contribution in [0.1, 0.15) is 52.0 Å². The van der Waals surface area contributed by atoms with Crippen LogP contribution in [0.25, 0.3) is 5.69 Å². The lowest BCUT2D eigenvalue weighted by molar-refractivity contribution is -0.0498. The summed E-state index contributed by atoms with van der Waals surface area (Å²) in [5.74, 6) is -0.337. The second-order valence-corrected chi connectivity index (χ2v) is 8.38. The van der Waals surface area contributed by atoms with Crippen LogP contribution in [0.4, 0.5) is 14.6 Å². The number of halogens is 2. The fraction of sp³-hybridized carbons (Fsp3) is 0.360. The summed E-state index contributed by atoms with van der Waals surface area (Å²) < 4.78 is 36.4. The van der Waals surface area contributed by atoms with Crippen LogP contribution in [0.3, 0.4) is 0 Å². The van der Waals surface area contributed by atoms with E-state index in [1.165, 1.54) is 19.1 Å². The van der Waals surface area contributed by atoms with Crippen molar-refractivity contribution in [3.63, 3.8) is 0 Å². The van der Waals surface area contributed by atoms with Crippen LogP contribution in [-0.4, -0.2) is 52.3 Å². The van der Waals surface area contributed by atoms with Gasteiger partial charge in [0, 0.05) is 35.7 Å². The average molecular weight is 485 g/mol. The van der Waals surface area contributed by atoms with E-state index < -0.39 is 18.7 Å². The van der Waals surface area contributed by atoms with Gasteiger partial charge in [0.2, 0.25) is 5.78 Å². The minimum atomic E-state index is -2.90. The van der Waals surface area contributed by atoms with E-state index in [0.29, 0.717) is 22.8 Å². The Bertz CT molecular complexity index is 1200. The van der Waals surface area contributed by atoms with Crippen LogP contribution in [0.2, 0.25) is 0 Å². The Kier molecular flexibility index (Phi) is 7.09. The predicted octanol–water partition coefficient (Wildman–Crippen LogP) is 4.51. The van der Waals surface area contributed by atoms with Gasteiger partial charge in [-0.25, -0.2) is 4.79 Å². The van der Waals surface area contributed by atoms with Crippen molar-refractivity contribution in [1.82, 2.24) is 14.8 Å². The summed E-state index contributed by atoms with van der Waals surface area (Å²) in [7, 11) is 0. The first-order valence-corrected chi connectivity index (χ1v) is 11.3. The first-order chi connectivity index (χ1) is 16.7. The Balaban J connectivity index is 1.45.